The van der Waals surface area contributed by atoms with Crippen LogP contribution >= 0.6 is 0 Å². The van der Waals surface area contributed by atoms with Crippen LogP contribution in [0.3, 0.4) is 0 Å². The zero-order valence-electron chi connectivity index (χ0n) is 7.97. The molecule has 1 aliphatic rings. The first-order valence-electron chi connectivity index (χ1n) is 4.85. The van der Waals surface area contributed by atoms with E-state index in [1.807, 2.05) is 6.07 Å². The van der Waals surface area contributed by atoms with Crippen LogP contribution in [0.1, 0.15) is 22.6 Å². The largest absolute Gasteiger partial charge is 0.475 e. The number of carboxylic acid groups (broad SMARTS) is 1. The number of rotatable bonds is 1. The predicted molar refractivity (Wildman–Crippen MR) is 52.8 cm³/mol. The Kier molecular flexibility index (Phi) is 1.56. The molecular weight excluding hydrogens is 194 g/mol. The van der Waals surface area contributed by atoms with Crippen molar-refractivity contribution in [3.63, 3.8) is 0 Å². The second kappa shape index (κ2) is 2.79. The van der Waals surface area contributed by atoms with Gasteiger partial charge < -0.3 is 9.67 Å². The zero-order valence-corrected chi connectivity index (χ0v) is 7.97. The van der Waals surface area contributed by atoms with Gasteiger partial charge in [0.05, 0.1) is 5.52 Å². The number of pyridine rings is 1. The van der Waals surface area contributed by atoms with Crippen molar-refractivity contribution in [2.75, 3.05) is 0 Å². The average molecular weight is 203 g/mol. The highest BCUT2D eigenvalue weighted by Crippen LogP contribution is 2.24. The lowest BCUT2D eigenvalue weighted by Gasteiger charge is -2.14. The minimum Gasteiger partial charge on any atom is -0.475 e. The van der Waals surface area contributed by atoms with Crippen LogP contribution in [0.15, 0.2) is 12.3 Å². The first kappa shape index (κ1) is 8.40. The van der Waals surface area contributed by atoms with Crippen molar-refractivity contribution in [2.45, 2.75) is 19.4 Å². The summed E-state index contributed by atoms with van der Waals surface area (Å²) < 4.78 is 1.75. The standard InChI is InChI=1S/C10H9N3O2/c14-10(15)9-12-8-7-6(3-4-11-8)2-1-5-13(7)9/h3-4H,1-2,5H2,(H,14,15). The number of imidazole rings is 1. The molecule has 1 aliphatic heterocycles. The van der Waals surface area contributed by atoms with Gasteiger partial charge in [0, 0.05) is 12.7 Å². The molecule has 0 aromatic carbocycles. The highest BCUT2D eigenvalue weighted by molar-refractivity contribution is 5.89. The molecule has 76 valence electrons. The third-order valence-corrected chi connectivity index (χ3v) is 2.75. The molecule has 2 aromatic rings. The average Bonchev–Trinajstić information content (AvgIpc) is 2.61. The van der Waals surface area contributed by atoms with Crippen molar-refractivity contribution in [1.29, 1.82) is 0 Å². The van der Waals surface area contributed by atoms with Crippen molar-refractivity contribution < 1.29 is 9.90 Å². The number of aromatic nitrogens is 3. The first-order chi connectivity index (χ1) is 7.27. The maximum absolute atomic E-state index is 11.0. The topological polar surface area (TPSA) is 68.0 Å². The lowest BCUT2D eigenvalue weighted by atomic mass is 10.1. The van der Waals surface area contributed by atoms with E-state index in [4.69, 9.17) is 5.11 Å². The summed E-state index contributed by atoms with van der Waals surface area (Å²) in [5, 5.41) is 9.00. The number of nitrogens with zero attached hydrogens (tertiary/aromatic N) is 3. The number of carbonyl (C=O) groups is 1. The smallest absolute Gasteiger partial charge is 0.372 e. The van der Waals surface area contributed by atoms with Crippen molar-refractivity contribution in [3.8, 4) is 0 Å². The molecular formula is C10H9N3O2. The fraction of sp³-hybridized carbons (Fsp3) is 0.300. The molecule has 1 N–H and O–H groups in total. The van der Waals surface area contributed by atoms with Crippen molar-refractivity contribution >= 4 is 17.1 Å². The van der Waals surface area contributed by atoms with E-state index in [0.29, 0.717) is 5.65 Å². The first-order valence-corrected chi connectivity index (χ1v) is 4.85. The quantitative estimate of drug-likeness (QED) is 0.752. The van der Waals surface area contributed by atoms with E-state index in [1.54, 1.807) is 10.8 Å². The molecule has 0 radical (unpaired) electrons. The Balaban J connectivity index is 2.43. The van der Waals surface area contributed by atoms with Crippen LogP contribution < -0.4 is 0 Å². The third kappa shape index (κ3) is 1.06. The Morgan fingerprint density at radius 1 is 1.53 bits per heavy atom. The SMILES string of the molecule is O=C(O)c1nc2nccc3c2n1CCC3. The summed E-state index contributed by atoms with van der Waals surface area (Å²) in [5.41, 5.74) is 2.58. The second-order valence-corrected chi connectivity index (χ2v) is 3.64. The van der Waals surface area contributed by atoms with Gasteiger partial charge in [0.15, 0.2) is 5.65 Å². The molecule has 5 heteroatoms. The number of hydrogen-bond acceptors (Lipinski definition) is 3. The van der Waals surface area contributed by atoms with E-state index < -0.39 is 5.97 Å². The van der Waals surface area contributed by atoms with Crippen LogP contribution in [-0.2, 0) is 13.0 Å². The van der Waals surface area contributed by atoms with Crippen LogP contribution in [-0.4, -0.2) is 25.6 Å². The number of hydrogen-bond donors (Lipinski definition) is 1. The fourth-order valence-corrected chi connectivity index (χ4v) is 2.13. The molecule has 0 amide bonds. The summed E-state index contributed by atoms with van der Waals surface area (Å²) in [4.78, 5) is 19.1. The maximum atomic E-state index is 11.0. The van der Waals surface area contributed by atoms with Crippen LogP contribution in [0.5, 0.6) is 0 Å². The van der Waals surface area contributed by atoms with Gasteiger partial charge >= 0.3 is 5.97 Å². The van der Waals surface area contributed by atoms with Crippen molar-refractivity contribution in [2.24, 2.45) is 0 Å². The number of aromatic carboxylic acids is 1. The van der Waals surface area contributed by atoms with Gasteiger partial charge in [0.1, 0.15) is 0 Å². The van der Waals surface area contributed by atoms with E-state index in [1.165, 1.54) is 0 Å². The summed E-state index contributed by atoms with van der Waals surface area (Å²) in [6.07, 6.45) is 3.62. The summed E-state index contributed by atoms with van der Waals surface area (Å²) in [5.74, 6) is -0.884. The summed E-state index contributed by atoms with van der Waals surface area (Å²) in [7, 11) is 0. The molecule has 2 aromatic heterocycles. The monoisotopic (exact) mass is 203 g/mol. The minimum absolute atomic E-state index is 0.102. The Bertz CT molecular complexity index is 559. The van der Waals surface area contributed by atoms with Gasteiger partial charge in [-0.3, -0.25) is 0 Å². The van der Waals surface area contributed by atoms with Gasteiger partial charge in [0.25, 0.3) is 0 Å². The molecule has 0 unspecified atom stereocenters. The molecule has 0 fully saturated rings. The second-order valence-electron chi connectivity index (χ2n) is 3.64. The minimum atomic E-state index is -0.985. The number of aryl methyl sites for hydroxylation is 2. The Morgan fingerprint density at radius 2 is 2.40 bits per heavy atom. The van der Waals surface area contributed by atoms with E-state index >= 15 is 0 Å². The molecule has 0 saturated heterocycles. The molecule has 5 nitrogen and oxygen atoms in total. The molecule has 0 spiro atoms. The summed E-state index contributed by atoms with van der Waals surface area (Å²) >= 11 is 0. The highest BCUT2D eigenvalue weighted by atomic mass is 16.4. The van der Waals surface area contributed by atoms with Gasteiger partial charge in [-0.05, 0) is 24.5 Å². The summed E-state index contributed by atoms with van der Waals surface area (Å²) in [6.45, 7) is 0.719. The van der Waals surface area contributed by atoms with Crippen LogP contribution in [0.2, 0.25) is 0 Å². The fourth-order valence-electron chi connectivity index (χ4n) is 2.13. The normalized spacial score (nSPS) is 14.4. The lowest BCUT2D eigenvalue weighted by Crippen LogP contribution is -2.14. The third-order valence-electron chi connectivity index (χ3n) is 2.75. The Hall–Kier alpha value is -1.91. The van der Waals surface area contributed by atoms with Crippen molar-refractivity contribution in [3.05, 3.63) is 23.7 Å². The van der Waals surface area contributed by atoms with Gasteiger partial charge in [-0.25, -0.2) is 14.8 Å². The highest BCUT2D eigenvalue weighted by Gasteiger charge is 2.21. The van der Waals surface area contributed by atoms with Crippen LogP contribution in [0.25, 0.3) is 11.2 Å². The van der Waals surface area contributed by atoms with E-state index in [2.05, 4.69) is 9.97 Å². The van der Waals surface area contributed by atoms with E-state index in [9.17, 15) is 4.79 Å². The molecule has 15 heavy (non-hydrogen) atoms. The van der Waals surface area contributed by atoms with E-state index in [-0.39, 0.29) is 5.82 Å². The number of carboxylic acids is 1. The molecule has 0 bridgehead atoms. The van der Waals surface area contributed by atoms with Crippen molar-refractivity contribution in [1.82, 2.24) is 14.5 Å². The maximum Gasteiger partial charge on any atom is 0.372 e. The van der Waals surface area contributed by atoms with Gasteiger partial charge in [-0.2, -0.15) is 0 Å². The van der Waals surface area contributed by atoms with Crippen LogP contribution in [0, 0.1) is 0 Å². The zero-order chi connectivity index (χ0) is 10.4. The van der Waals surface area contributed by atoms with Gasteiger partial charge in [-0.1, -0.05) is 0 Å². The van der Waals surface area contributed by atoms with Crippen LogP contribution in [0.4, 0.5) is 0 Å². The molecule has 0 atom stereocenters. The Morgan fingerprint density at radius 3 is 3.20 bits per heavy atom. The molecule has 0 saturated carbocycles. The van der Waals surface area contributed by atoms with Gasteiger partial charge in [0.2, 0.25) is 5.82 Å². The lowest BCUT2D eigenvalue weighted by molar-refractivity contribution is 0.0678. The molecule has 3 rings (SSSR count). The molecule has 3 heterocycles. The predicted octanol–water partition coefficient (Wildman–Crippen LogP) is 1.08. The van der Waals surface area contributed by atoms with Gasteiger partial charge in [-0.15, -0.1) is 0 Å². The van der Waals surface area contributed by atoms with E-state index in [0.717, 1.165) is 30.5 Å². The summed E-state index contributed by atoms with van der Waals surface area (Å²) in [6, 6.07) is 1.94. The molecule has 0 aliphatic carbocycles. The Labute approximate surface area is 85.4 Å².